The highest BCUT2D eigenvalue weighted by Gasteiger charge is 2.19. The molecule has 0 atom stereocenters. The molecule has 1 saturated heterocycles. The number of hydrogen-bond acceptors (Lipinski definition) is 6. The molecule has 0 spiro atoms. The van der Waals surface area contributed by atoms with Crippen LogP contribution in [0.2, 0.25) is 0 Å². The molecule has 3 aromatic rings. The second-order valence-corrected chi connectivity index (χ2v) is 9.21. The molecule has 0 saturated carbocycles. The molecular weight excluding hydrogens is 388 g/mol. The van der Waals surface area contributed by atoms with Crippen molar-refractivity contribution in [3.8, 4) is 10.6 Å². The fourth-order valence-corrected chi connectivity index (χ4v) is 5.01. The minimum absolute atomic E-state index is 0.134. The molecule has 1 aromatic carbocycles. The normalized spacial score (nSPS) is 15.6. The summed E-state index contributed by atoms with van der Waals surface area (Å²) in [5, 5.41) is 6.51. The van der Waals surface area contributed by atoms with Crippen LogP contribution in [-0.2, 0) is 6.54 Å². The van der Waals surface area contributed by atoms with Crippen molar-refractivity contribution in [2.75, 3.05) is 18.4 Å². The average molecular weight is 413 g/mol. The van der Waals surface area contributed by atoms with Gasteiger partial charge in [0, 0.05) is 17.5 Å². The van der Waals surface area contributed by atoms with E-state index < -0.39 is 0 Å². The zero-order valence-electron chi connectivity index (χ0n) is 16.1. The molecule has 3 heterocycles. The molecule has 1 aliphatic rings. The highest BCUT2D eigenvalue weighted by Crippen LogP contribution is 2.29. The Bertz CT molecular complexity index is 942. The van der Waals surface area contributed by atoms with Crippen molar-refractivity contribution in [3.63, 3.8) is 0 Å². The molecule has 1 aliphatic heterocycles. The summed E-state index contributed by atoms with van der Waals surface area (Å²) in [7, 11) is 0. The quantitative estimate of drug-likeness (QED) is 0.636. The first kappa shape index (κ1) is 19.2. The number of carbonyl (C=O) groups is 1. The van der Waals surface area contributed by atoms with Crippen LogP contribution >= 0.6 is 22.7 Å². The average Bonchev–Trinajstić information content (AvgIpc) is 3.30. The topological polar surface area (TPSA) is 58.1 Å². The number of rotatable bonds is 5. The summed E-state index contributed by atoms with van der Waals surface area (Å²) in [6, 6.07) is 9.95. The van der Waals surface area contributed by atoms with E-state index in [0.717, 1.165) is 47.5 Å². The van der Waals surface area contributed by atoms with Gasteiger partial charge in [0.1, 0.15) is 9.88 Å². The lowest BCUT2D eigenvalue weighted by Crippen LogP contribution is -2.32. The van der Waals surface area contributed by atoms with E-state index in [1.807, 2.05) is 42.6 Å². The van der Waals surface area contributed by atoms with E-state index in [2.05, 4.69) is 27.1 Å². The highest BCUT2D eigenvalue weighted by atomic mass is 32.1. The number of aryl methyl sites for hydroxylation is 1. The standard InChI is InChI=1S/C21H24N4OS2/c1-14-8-10-25(11-9-14)12-17-13-27-21(23-17)24-19(26)18-15(2)22-20(28-18)16-6-4-3-5-7-16/h3-7,13-14H,8-12H2,1-2H3,(H,23,24,26). The van der Waals surface area contributed by atoms with Crippen LogP contribution in [0.3, 0.4) is 0 Å². The SMILES string of the molecule is Cc1nc(-c2ccccc2)sc1C(=O)Nc1nc(CN2CCC(C)CC2)cs1. The monoisotopic (exact) mass is 412 g/mol. The maximum Gasteiger partial charge on any atom is 0.269 e. The first-order valence-corrected chi connectivity index (χ1v) is 11.3. The molecule has 0 bridgehead atoms. The molecule has 5 nitrogen and oxygen atoms in total. The first-order chi connectivity index (χ1) is 13.6. The number of carbonyl (C=O) groups excluding carboxylic acids is 1. The van der Waals surface area contributed by atoms with Gasteiger partial charge in [0.25, 0.3) is 5.91 Å². The van der Waals surface area contributed by atoms with E-state index in [-0.39, 0.29) is 5.91 Å². The van der Waals surface area contributed by atoms with Crippen LogP contribution < -0.4 is 5.32 Å². The highest BCUT2D eigenvalue weighted by molar-refractivity contribution is 7.17. The van der Waals surface area contributed by atoms with Crippen molar-refractivity contribution in [2.45, 2.75) is 33.2 Å². The molecule has 4 rings (SSSR count). The van der Waals surface area contributed by atoms with Crippen molar-refractivity contribution in [1.29, 1.82) is 0 Å². The lowest BCUT2D eigenvalue weighted by atomic mass is 9.99. The van der Waals surface area contributed by atoms with E-state index in [9.17, 15) is 4.79 Å². The van der Waals surface area contributed by atoms with Gasteiger partial charge in [0.15, 0.2) is 5.13 Å². The minimum Gasteiger partial charge on any atom is -0.297 e. The predicted molar refractivity (Wildman–Crippen MR) is 116 cm³/mol. The first-order valence-electron chi connectivity index (χ1n) is 9.59. The molecular formula is C21H24N4OS2. The Morgan fingerprint density at radius 1 is 1.21 bits per heavy atom. The van der Waals surface area contributed by atoms with Gasteiger partial charge < -0.3 is 0 Å². The number of nitrogens with zero attached hydrogens (tertiary/aromatic N) is 3. The molecule has 146 valence electrons. The van der Waals surface area contributed by atoms with Crippen molar-refractivity contribution >= 4 is 33.7 Å². The lowest BCUT2D eigenvalue weighted by Gasteiger charge is -2.29. The van der Waals surface area contributed by atoms with Gasteiger partial charge in [-0.2, -0.15) is 0 Å². The van der Waals surface area contributed by atoms with Gasteiger partial charge in [-0.05, 0) is 38.8 Å². The number of benzene rings is 1. The van der Waals surface area contributed by atoms with Gasteiger partial charge >= 0.3 is 0 Å². The fraction of sp³-hybridized carbons (Fsp3) is 0.381. The van der Waals surface area contributed by atoms with E-state index >= 15 is 0 Å². The van der Waals surface area contributed by atoms with Crippen molar-refractivity contribution in [3.05, 3.63) is 52.0 Å². The number of anilines is 1. The summed E-state index contributed by atoms with van der Waals surface area (Å²) in [6.45, 7) is 7.31. The Hall–Kier alpha value is -2.09. The second-order valence-electron chi connectivity index (χ2n) is 7.36. The third kappa shape index (κ3) is 4.48. The molecule has 7 heteroatoms. The van der Waals surface area contributed by atoms with Crippen LogP contribution in [-0.4, -0.2) is 33.9 Å². The Labute approximate surface area is 173 Å². The van der Waals surface area contributed by atoms with E-state index in [0.29, 0.717) is 10.0 Å². The van der Waals surface area contributed by atoms with Crippen LogP contribution in [0.5, 0.6) is 0 Å². The Balaban J connectivity index is 1.40. The van der Waals surface area contributed by atoms with E-state index in [4.69, 9.17) is 0 Å². The minimum atomic E-state index is -0.134. The smallest absolute Gasteiger partial charge is 0.269 e. The largest absolute Gasteiger partial charge is 0.297 e. The van der Waals surface area contributed by atoms with Gasteiger partial charge in [-0.1, -0.05) is 37.3 Å². The zero-order valence-corrected chi connectivity index (χ0v) is 17.8. The fourth-order valence-electron chi connectivity index (χ4n) is 3.35. The molecule has 1 N–H and O–H groups in total. The number of nitrogens with one attached hydrogen (secondary N) is 1. The molecule has 2 aromatic heterocycles. The number of thiazole rings is 2. The molecule has 0 aliphatic carbocycles. The van der Waals surface area contributed by atoms with Crippen molar-refractivity contribution in [1.82, 2.24) is 14.9 Å². The summed E-state index contributed by atoms with van der Waals surface area (Å²) in [5.74, 6) is 0.690. The lowest BCUT2D eigenvalue weighted by molar-refractivity contribution is 0.102. The van der Waals surface area contributed by atoms with Crippen LogP contribution in [0.1, 0.15) is 40.8 Å². The number of hydrogen-bond donors (Lipinski definition) is 1. The molecule has 1 fully saturated rings. The summed E-state index contributed by atoms with van der Waals surface area (Å²) in [4.78, 5) is 25.0. The Kier molecular flexibility index (Phi) is 5.85. The molecule has 28 heavy (non-hydrogen) atoms. The Morgan fingerprint density at radius 2 is 1.96 bits per heavy atom. The zero-order chi connectivity index (χ0) is 19.5. The third-order valence-corrected chi connectivity index (χ3v) is 7.07. The van der Waals surface area contributed by atoms with E-state index in [1.165, 1.54) is 35.5 Å². The van der Waals surface area contributed by atoms with Crippen LogP contribution in [0.4, 0.5) is 5.13 Å². The number of amides is 1. The van der Waals surface area contributed by atoms with Crippen molar-refractivity contribution < 1.29 is 4.79 Å². The molecule has 1 amide bonds. The van der Waals surface area contributed by atoms with Gasteiger partial charge in [-0.15, -0.1) is 22.7 Å². The number of aromatic nitrogens is 2. The van der Waals surface area contributed by atoms with Gasteiger partial charge in [0.2, 0.25) is 0 Å². The maximum atomic E-state index is 12.7. The summed E-state index contributed by atoms with van der Waals surface area (Å²) in [5.41, 5.74) is 2.81. The predicted octanol–water partition coefficient (Wildman–Crippen LogP) is 5.06. The number of piperidine rings is 1. The second kappa shape index (κ2) is 8.51. The van der Waals surface area contributed by atoms with Gasteiger partial charge in [-0.3, -0.25) is 15.0 Å². The van der Waals surface area contributed by atoms with Crippen LogP contribution in [0.15, 0.2) is 35.7 Å². The van der Waals surface area contributed by atoms with Crippen LogP contribution in [0.25, 0.3) is 10.6 Å². The van der Waals surface area contributed by atoms with Crippen molar-refractivity contribution in [2.24, 2.45) is 5.92 Å². The molecule has 0 radical (unpaired) electrons. The summed E-state index contributed by atoms with van der Waals surface area (Å²) < 4.78 is 0. The summed E-state index contributed by atoms with van der Waals surface area (Å²) >= 11 is 2.91. The van der Waals surface area contributed by atoms with E-state index in [1.54, 1.807) is 0 Å². The molecule has 0 unspecified atom stereocenters. The van der Waals surface area contributed by atoms with Gasteiger partial charge in [-0.25, -0.2) is 9.97 Å². The third-order valence-electron chi connectivity index (χ3n) is 5.06. The number of likely N-dealkylation sites (tertiary alicyclic amines) is 1. The van der Waals surface area contributed by atoms with Crippen LogP contribution in [0, 0.1) is 12.8 Å². The summed E-state index contributed by atoms with van der Waals surface area (Å²) in [6.07, 6.45) is 2.50. The van der Waals surface area contributed by atoms with Gasteiger partial charge in [0.05, 0.1) is 11.4 Å². The maximum absolute atomic E-state index is 12.7. The Morgan fingerprint density at radius 3 is 2.71 bits per heavy atom.